The van der Waals surface area contributed by atoms with Crippen molar-refractivity contribution in [2.45, 2.75) is 63.1 Å². The number of nitrogens with zero attached hydrogens (tertiary/aromatic N) is 1. The summed E-state index contributed by atoms with van der Waals surface area (Å²) >= 11 is 0. The molecule has 19 heavy (non-hydrogen) atoms. The Morgan fingerprint density at radius 3 is 2.42 bits per heavy atom. The number of hydrogen-bond acceptors (Lipinski definition) is 3. The number of rotatable bonds is 1. The van der Waals surface area contributed by atoms with Gasteiger partial charge < -0.3 is 14.7 Å². The molecule has 3 rings (SSSR count). The minimum atomic E-state index is -0.356. The SMILES string of the molecule is O=C(C1CCCC1)N1CCC2(CC1)OCCCC2O. The van der Waals surface area contributed by atoms with Crippen LogP contribution in [0.15, 0.2) is 0 Å². The zero-order valence-electron chi connectivity index (χ0n) is 11.6. The molecular weight excluding hydrogens is 242 g/mol. The van der Waals surface area contributed by atoms with Gasteiger partial charge in [-0.05, 0) is 38.5 Å². The van der Waals surface area contributed by atoms with Crippen LogP contribution in [-0.2, 0) is 9.53 Å². The third-order valence-electron chi connectivity index (χ3n) is 5.24. The van der Waals surface area contributed by atoms with Crippen LogP contribution >= 0.6 is 0 Å². The van der Waals surface area contributed by atoms with Crippen LogP contribution in [0.4, 0.5) is 0 Å². The maximum atomic E-state index is 12.4. The molecule has 1 unspecified atom stereocenters. The van der Waals surface area contributed by atoms with Gasteiger partial charge in [-0.3, -0.25) is 4.79 Å². The lowest BCUT2D eigenvalue weighted by molar-refractivity contribution is -0.180. The molecule has 1 spiro atoms. The molecule has 3 fully saturated rings. The van der Waals surface area contributed by atoms with Crippen molar-refractivity contribution in [3.63, 3.8) is 0 Å². The Morgan fingerprint density at radius 2 is 1.79 bits per heavy atom. The first kappa shape index (κ1) is 13.4. The van der Waals surface area contributed by atoms with Gasteiger partial charge in [0.25, 0.3) is 0 Å². The van der Waals surface area contributed by atoms with E-state index in [0.717, 1.165) is 58.2 Å². The van der Waals surface area contributed by atoms with Crippen molar-refractivity contribution in [2.24, 2.45) is 5.92 Å². The monoisotopic (exact) mass is 267 g/mol. The van der Waals surface area contributed by atoms with Crippen LogP contribution < -0.4 is 0 Å². The lowest BCUT2D eigenvalue weighted by Gasteiger charge is -2.47. The van der Waals surface area contributed by atoms with Gasteiger partial charge in [0, 0.05) is 25.6 Å². The van der Waals surface area contributed by atoms with Crippen LogP contribution in [0.25, 0.3) is 0 Å². The molecule has 4 heteroatoms. The van der Waals surface area contributed by atoms with E-state index in [1.807, 2.05) is 4.90 Å². The molecule has 0 aromatic heterocycles. The van der Waals surface area contributed by atoms with Gasteiger partial charge in [0.05, 0.1) is 11.7 Å². The van der Waals surface area contributed by atoms with Gasteiger partial charge in [-0.2, -0.15) is 0 Å². The number of aliphatic hydroxyl groups is 1. The summed E-state index contributed by atoms with van der Waals surface area (Å²) in [7, 11) is 0. The highest BCUT2D eigenvalue weighted by Gasteiger charge is 2.44. The van der Waals surface area contributed by atoms with Crippen LogP contribution in [-0.4, -0.2) is 47.3 Å². The van der Waals surface area contributed by atoms with Gasteiger partial charge in [-0.1, -0.05) is 12.8 Å². The van der Waals surface area contributed by atoms with E-state index < -0.39 is 0 Å². The highest BCUT2D eigenvalue weighted by Crippen LogP contribution is 2.36. The Bertz CT molecular complexity index is 330. The first-order valence-electron chi connectivity index (χ1n) is 7.82. The number of aliphatic hydroxyl groups excluding tert-OH is 1. The molecule has 3 aliphatic rings. The van der Waals surface area contributed by atoms with Crippen molar-refractivity contribution in [3.8, 4) is 0 Å². The van der Waals surface area contributed by atoms with Gasteiger partial charge in [-0.15, -0.1) is 0 Å². The van der Waals surface area contributed by atoms with Crippen molar-refractivity contribution >= 4 is 5.91 Å². The zero-order valence-corrected chi connectivity index (χ0v) is 11.6. The molecule has 0 bridgehead atoms. The summed E-state index contributed by atoms with van der Waals surface area (Å²) in [4.78, 5) is 14.4. The fourth-order valence-corrected chi connectivity index (χ4v) is 3.93. The fourth-order valence-electron chi connectivity index (χ4n) is 3.93. The number of ether oxygens (including phenoxy) is 1. The lowest BCUT2D eigenvalue weighted by atomic mass is 9.81. The molecule has 4 nitrogen and oxygen atoms in total. The van der Waals surface area contributed by atoms with Crippen molar-refractivity contribution in [2.75, 3.05) is 19.7 Å². The maximum Gasteiger partial charge on any atom is 0.225 e. The van der Waals surface area contributed by atoms with Crippen molar-refractivity contribution in [1.29, 1.82) is 0 Å². The van der Waals surface area contributed by atoms with E-state index in [-0.39, 0.29) is 17.6 Å². The number of piperidine rings is 1. The van der Waals surface area contributed by atoms with Gasteiger partial charge >= 0.3 is 0 Å². The molecule has 1 N–H and O–H groups in total. The summed E-state index contributed by atoms with van der Waals surface area (Å²) in [5.74, 6) is 0.615. The summed E-state index contributed by atoms with van der Waals surface area (Å²) < 4.78 is 5.88. The second-order valence-corrected chi connectivity index (χ2v) is 6.38. The molecular formula is C15H25NO3. The van der Waals surface area contributed by atoms with Crippen LogP contribution in [0.3, 0.4) is 0 Å². The van der Waals surface area contributed by atoms with Gasteiger partial charge in [0.1, 0.15) is 0 Å². The number of amides is 1. The second-order valence-electron chi connectivity index (χ2n) is 6.38. The van der Waals surface area contributed by atoms with E-state index >= 15 is 0 Å². The van der Waals surface area contributed by atoms with Crippen LogP contribution in [0.2, 0.25) is 0 Å². The van der Waals surface area contributed by atoms with Crippen molar-refractivity contribution in [3.05, 3.63) is 0 Å². The first-order valence-corrected chi connectivity index (χ1v) is 7.82. The molecule has 1 atom stereocenters. The zero-order chi connectivity index (χ0) is 13.3. The Balaban J connectivity index is 1.58. The Hall–Kier alpha value is -0.610. The molecule has 108 valence electrons. The fraction of sp³-hybridized carbons (Fsp3) is 0.933. The highest BCUT2D eigenvalue weighted by molar-refractivity contribution is 5.79. The quantitative estimate of drug-likeness (QED) is 0.787. The van der Waals surface area contributed by atoms with Gasteiger partial charge in [0.15, 0.2) is 0 Å². The summed E-state index contributed by atoms with van der Waals surface area (Å²) in [5, 5.41) is 10.2. The number of carbonyl (C=O) groups is 1. The average molecular weight is 267 g/mol. The van der Waals surface area contributed by atoms with Crippen LogP contribution in [0.1, 0.15) is 51.4 Å². The standard InChI is InChI=1S/C15H25NO3/c17-13-6-3-11-19-15(13)7-9-16(10-8-15)14(18)12-4-1-2-5-12/h12-13,17H,1-11H2. The summed E-state index contributed by atoms with van der Waals surface area (Å²) in [5.41, 5.74) is -0.356. The summed E-state index contributed by atoms with van der Waals surface area (Å²) in [6.07, 6.45) is 7.60. The molecule has 1 saturated carbocycles. The van der Waals surface area contributed by atoms with Gasteiger partial charge in [0.2, 0.25) is 5.91 Å². The smallest absolute Gasteiger partial charge is 0.225 e. The Morgan fingerprint density at radius 1 is 1.11 bits per heavy atom. The van der Waals surface area contributed by atoms with Crippen molar-refractivity contribution < 1.29 is 14.6 Å². The number of carbonyl (C=O) groups excluding carboxylic acids is 1. The third kappa shape index (κ3) is 2.52. The van der Waals surface area contributed by atoms with E-state index in [1.54, 1.807) is 0 Å². The average Bonchev–Trinajstić information content (AvgIpc) is 2.96. The van der Waals surface area contributed by atoms with Crippen LogP contribution in [0, 0.1) is 5.92 Å². The normalized spacial score (nSPS) is 31.8. The molecule has 1 aliphatic carbocycles. The predicted octanol–water partition coefficient (Wildman–Crippen LogP) is 1.71. The van der Waals surface area contributed by atoms with Crippen LogP contribution in [0.5, 0.6) is 0 Å². The molecule has 0 aromatic rings. The summed E-state index contributed by atoms with van der Waals surface area (Å²) in [6.45, 7) is 2.27. The summed E-state index contributed by atoms with van der Waals surface area (Å²) in [6, 6.07) is 0. The largest absolute Gasteiger partial charge is 0.390 e. The predicted molar refractivity (Wildman–Crippen MR) is 71.7 cm³/mol. The highest BCUT2D eigenvalue weighted by atomic mass is 16.5. The molecule has 0 radical (unpaired) electrons. The molecule has 2 aliphatic heterocycles. The lowest BCUT2D eigenvalue weighted by Crippen LogP contribution is -2.56. The minimum absolute atomic E-state index is 0.270. The first-order chi connectivity index (χ1) is 9.21. The van der Waals surface area contributed by atoms with E-state index in [0.29, 0.717) is 5.91 Å². The van der Waals surface area contributed by atoms with E-state index in [9.17, 15) is 9.90 Å². The number of hydrogen-bond donors (Lipinski definition) is 1. The van der Waals surface area contributed by atoms with E-state index in [4.69, 9.17) is 4.74 Å². The molecule has 2 heterocycles. The van der Waals surface area contributed by atoms with E-state index in [2.05, 4.69) is 0 Å². The van der Waals surface area contributed by atoms with Gasteiger partial charge in [-0.25, -0.2) is 0 Å². The maximum absolute atomic E-state index is 12.4. The molecule has 0 aromatic carbocycles. The van der Waals surface area contributed by atoms with Crippen molar-refractivity contribution in [1.82, 2.24) is 4.90 Å². The Labute approximate surface area is 115 Å². The molecule has 1 amide bonds. The topological polar surface area (TPSA) is 49.8 Å². The number of likely N-dealkylation sites (tertiary alicyclic amines) is 1. The second kappa shape index (κ2) is 5.41. The molecule has 2 saturated heterocycles. The minimum Gasteiger partial charge on any atom is -0.390 e. The van der Waals surface area contributed by atoms with E-state index in [1.165, 1.54) is 12.8 Å². The Kier molecular flexibility index (Phi) is 3.81. The third-order valence-corrected chi connectivity index (χ3v) is 5.24.